The van der Waals surface area contributed by atoms with Crippen LogP contribution >= 0.6 is 0 Å². The van der Waals surface area contributed by atoms with Crippen LogP contribution in [0.3, 0.4) is 0 Å². The van der Waals surface area contributed by atoms with Crippen molar-refractivity contribution < 1.29 is 55.0 Å². The molecule has 63 heavy (non-hydrogen) atoms. The third-order valence-corrected chi connectivity index (χ3v) is 9.55. The van der Waals surface area contributed by atoms with Crippen molar-refractivity contribution in [3.05, 3.63) is 162 Å². The van der Waals surface area contributed by atoms with Crippen LogP contribution in [-0.2, 0) is 29.1 Å². The molecular weight excluding hydrogens is 837 g/mol. The Morgan fingerprint density at radius 1 is 0.524 bits per heavy atom. The van der Waals surface area contributed by atoms with Crippen LogP contribution in [0, 0.1) is 0 Å². The van der Waals surface area contributed by atoms with Gasteiger partial charge < -0.3 is 19.3 Å². The zero-order valence-corrected chi connectivity index (χ0v) is 32.7. The summed E-state index contributed by atoms with van der Waals surface area (Å²) in [5.74, 6) is -1.82. The minimum Gasteiger partial charge on any atom is -0.406 e. The van der Waals surface area contributed by atoms with Crippen molar-refractivity contribution in [3.8, 4) is 22.8 Å². The van der Waals surface area contributed by atoms with Crippen LogP contribution in [0.25, 0.3) is 11.3 Å². The maximum absolute atomic E-state index is 12.9. The largest absolute Gasteiger partial charge is 0.573 e. The molecule has 6 amide bonds. The molecule has 0 atom stereocenters. The highest BCUT2D eigenvalue weighted by atomic mass is 19.4. The van der Waals surface area contributed by atoms with E-state index in [4.69, 9.17) is 0 Å². The van der Waals surface area contributed by atoms with Crippen LogP contribution in [0.5, 0.6) is 11.5 Å². The number of aromatic nitrogens is 3. The second-order valence-corrected chi connectivity index (χ2v) is 13.9. The number of hydrogen-bond donors (Lipinski definition) is 0. The van der Waals surface area contributed by atoms with E-state index in [9.17, 15) is 45.5 Å². The third-order valence-electron chi connectivity index (χ3n) is 9.55. The van der Waals surface area contributed by atoms with Gasteiger partial charge in [0.05, 0.1) is 17.1 Å². The normalized spacial score (nSPS) is 14.3. The number of hydrogen-bond acceptors (Lipinski definition) is 9. The van der Waals surface area contributed by atoms with Gasteiger partial charge in [0.1, 0.15) is 24.6 Å². The predicted molar refractivity (Wildman–Crippen MR) is 214 cm³/mol. The van der Waals surface area contributed by atoms with Gasteiger partial charge in [-0.3, -0.25) is 24.5 Å². The Morgan fingerprint density at radius 3 is 1.52 bits per heavy atom. The highest BCUT2D eigenvalue weighted by Gasteiger charge is 2.39. The Bertz CT molecular complexity index is 2580. The molecule has 0 unspecified atom stereocenters. The van der Waals surface area contributed by atoms with Gasteiger partial charge in [0.25, 0.3) is 11.8 Å². The molecule has 8 rings (SSSR count). The molecule has 322 valence electrons. The lowest BCUT2D eigenvalue weighted by molar-refractivity contribution is -0.275. The topological polar surface area (TPSA) is 138 Å². The molecule has 19 heteroatoms. The van der Waals surface area contributed by atoms with Gasteiger partial charge in [-0.2, -0.15) is 0 Å². The van der Waals surface area contributed by atoms with Gasteiger partial charge in [-0.1, -0.05) is 36.4 Å². The average molecular weight is 870 g/mol. The lowest BCUT2D eigenvalue weighted by atomic mass is 10.0. The molecular formula is C44H33F6N7O6. The van der Waals surface area contributed by atoms with Gasteiger partial charge >= 0.3 is 24.8 Å². The fourth-order valence-corrected chi connectivity index (χ4v) is 6.76. The summed E-state index contributed by atoms with van der Waals surface area (Å²) in [5.41, 5.74) is 5.39. The molecule has 0 spiro atoms. The summed E-state index contributed by atoms with van der Waals surface area (Å²) in [6, 6.07) is 26.8. The number of carbonyl (C=O) groups excluding carboxylic acids is 4. The highest BCUT2D eigenvalue weighted by Crippen LogP contribution is 2.31. The van der Waals surface area contributed by atoms with E-state index in [1.165, 1.54) is 34.1 Å². The molecule has 0 aliphatic carbocycles. The van der Waals surface area contributed by atoms with Crippen molar-refractivity contribution in [2.45, 2.75) is 32.2 Å². The second-order valence-electron chi connectivity index (χ2n) is 13.9. The first-order valence-electron chi connectivity index (χ1n) is 18.9. The third kappa shape index (κ3) is 10.9. The minimum atomic E-state index is -4.83. The summed E-state index contributed by atoms with van der Waals surface area (Å²) < 4.78 is 81.7. The number of benzene rings is 3. The van der Waals surface area contributed by atoms with Crippen LogP contribution in [0.2, 0.25) is 0 Å². The number of carbonyl (C=O) groups is 4. The monoisotopic (exact) mass is 869 g/mol. The fourth-order valence-electron chi connectivity index (χ4n) is 6.76. The minimum absolute atomic E-state index is 0.132. The molecule has 3 aromatic carbocycles. The van der Waals surface area contributed by atoms with E-state index >= 15 is 0 Å². The SMILES string of the molecule is O=C1CN(Cc2ccncc2-c2ccccn2)C(=O)N1c1ccc(OC(F)(F)F)cc1.O=C1CN(Cc2ccncc2Cc2ccccc2)C(=O)N1c1ccc(OC(F)(F)F)cc1. The number of pyridine rings is 3. The number of rotatable bonds is 11. The van der Waals surface area contributed by atoms with E-state index in [0.717, 1.165) is 61.9 Å². The standard InChI is InChI=1S/C23H18F3N3O3.C21H15F3N4O3/c24-23(25,26)32-20-8-6-19(7-9-20)29-21(30)15-28(22(29)31)14-17-10-11-27-13-18(17)12-16-4-2-1-3-5-16;22-21(23,24)31-16-6-4-15(5-7-16)28-19(29)13-27(20(28)30)12-14-8-10-25-11-17(14)18-3-1-2-9-26-18/h1-11,13H,12,14-15H2;1-11H,12-13H2. The molecule has 0 saturated carbocycles. The molecule has 6 aromatic rings. The maximum Gasteiger partial charge on any atom is 0.573 e. The second kappa shape index (κ2) is 18.4. The van der Waals surface area contributed by atoms with Crippen molar-refractivity contribution in [2.24, 2.45) is 0 Å². The van der Waals surface area contributed by atoms with Gasteiger partial charge in [0.15, 0.2) is 0 Å². The molecule has 0 radical (unpaired) electrons. The van der Waals surface area contributed by atoms with E-state index in [1.807, 2.05) is 48.5 Å². The fraction of sp³-hybridized carbons (Fsp3) is 0.159. The van der Waals surface area contributed by atoms with Gasteiger partial charge in [0.2, 0.25) is 0 Å². The molecule has 2 aliphatic rings. The first-order valence-corrected chi connectivity index (χ1v) is 18.9. The summed E-state index contributed by atoms with van der Waals surface area (Å²) in [5, 5.41) is 0. The Kier molecular flexibility index (Phi) is 12.7. The number of ether oxygens (including phenoxy) is 2. The lowest BCUT2D eigenvalue weighted by Crippen LogP contribution is -2.33. The molecule has 2 fully saturated rings. The smallest absolute Gasteiger partial charge is 0.406 e. The molecule has 13 nitrogen and oxygen atoms in total. The van der Waals surface area contributed by atoms with Crippen molar-refractivity contribution in [2.75, 3.05) is 22.9 Å². The van der Waals surface area contributed by atoms with Crippen LogP contribution in [0.4, 0.5) is 47.3 Å². The molecule has 5 heterocycles. The highest BCUT2D eigenvalue weighted by molar-refractivity contribution is 6.20. The number of nitrogens with zero attached hydrogens (tertiary/aromatic N) is 7. The van der Waals surface area contributed by atoms with E-state index in [0.29, 0.717) is 12.1 Å². The zero-order chi connectivity index (χ0) is 44.7. The number of anilines is 2. The van der Waals surface area contributed by atoms with Crippen molar-refractivity contribution in [3.63, 3.8) is 0 Å². The predicted octanol–water partition coefficient (Wildman–Crippen LogP) is 8.55. The number of urea groups is 2. The van der Waals surface area contributed by atoms with E-state index in [2.05, 4.69) is 24.4 Å². The van der Waals surface area contributed by atoms with Crippen LogP contribution in [0.1, 0.15) is 22.3 Å². The van der Waals surface area contributed by atoms with E-state index in [1.54, 1.807) is 43.1 Å². The first-order chi connectivity index (χ1) is 30.1. The average Bonchev–Trinajstić information content (AvgIpc) is 3.69. The molecule has 2 saturated heterocycles. The summed E-state index contributed by atoms with van der Waals surface area (Å²) in [7, 11) is 0. The number of alkyl halides is 6. The molecule has 2 aliphatic heterocycles. The van der Waals surface area contributed by atoms with Crippen LogP contribution in [0.15, 0.2) is 140 Å². The number of imide groups is 2. The van der Waals surface area contributed by atoms with Gasteiger partial charge in [-0.25, -0.2) is 19.4 Å². The first kappa shape index (κ1) is 43.3. The van der Waals surface area contributed by atoms with Crippen LogP contribution < -0.4 is 19.3 Å². The summed E-state index contributed by atoms with van der Waals surface area (Å²) in [6.07, 6.45) is -0.786. The molecule has 0 bridgehead atoms. The Hall–Kier alpha value is -7.83. The lowest BCUT2D eigenvalue weighted by Gasteiger charge is -2.19. The molecule has 3 aromatic heterocycles. The zero-order valence-electron chi connectivity index (χ0n) is 32.7. The van der Waals surface area contributed by atoms with E-state index in [-0.39, 0.29) is 37.6 Å². The number of halogens is 6. The Balaban J connectivity index is 0.000000189. The van der Waals surface area contributed by atoms with Crippen LogP contribution in [-0.4, -0.2) is 74.4 Å². The van der Waals surface area contributed by atoms with E-state index < -0.39 is 48.1 Å². The summed E-state index contributed by atoms with van der Waals surface area (Å²) in [6.45, 7) is 0.0577. The summed E-state index contributed by atoms with van der Waals surface area (Å²) >= 11 is 0. The Morgan fingerprint density at radius 2 is 1.02 bits per heavy atom. The van der Waals surface area contributed by atoms with Crippen molar-refractivity contribution in [1.29, 1.82) is 0 Å². The molecule has 0 N–H and O–H groups in total. The van der Waals surface area contributed by atoms with Gasteiger partial charge in [0, 0.05) is 49.6 Å². The summed E-state index contributed by atoms with van der Waals surface area (Å²) in [4.78, 5) is 68.0. The Labute approximate surface area is 354 Å². The quantitative estimate of drug-likeness (QED) is 0.0926. The number of amides is 6. The van der Waals surface area contributed by atoms with Gasteiger partial charge in [-0.05, 0) is 101 Å². The van der Waals surface area contributed by atoms with Crippen molar-refractivity contribution >= 4 is 35.3 Å². The maximum atomic E-state index is 12.9. The van der Waals surface area contributed by atoms with Gasteiger partial charge in [-0.15, -0.1) is 26.3 Å². The van der Waals surface area contributed by atoms with Crippen molar-refractivity contribution in [1.82, 2.24) is 24.8 Å².